The normalized spacial score (nSPS) is 10.2. The molecule has 0 bridgehead atoms. The zero-order valence-corrected chi connectivity index (χ0v) is 10.1. The number of carbonyl (C=O) groups is 1. The molecule has 1 heterocycles. The summed E-state index contributed by atoms with van der Waals surface area (Å²) in [7, 11) is 0. The van der Waals surface area contributed by atoms with E-state index in [9.17, 15) is 13.6 Å². The van der Waals surface area contributed by atoms with Crippen LogP contribution in [0.1, 0.15) is 15.9 Å². The lowest BCUT2D eigenvalue weighted by molar-refractivity contribution is 0.0953. The zero-order valence-electron chi connectivity index (χ0n) is 10.1. The molecule has 0 unspecified atom stereocenters. The van der Waals surface area contributed by atoms with Crippen LogP contribution in [0, 0.1) is 11.6 Å². The van der Waals surface area contributed by atoms with Crippen molar-refractivity contribution in [2.45, 2.75) is 6.42 Å². The summed E-state index contributed by atoms with van der Waals surface area (Å²) in [6.07, 6.45) is 4.00. The van der Waals surface area contributed by atoms with Gasteiger partial charge in [-0.1, -0.05) is 0 Å². The largest absolute Gasteiger partial charge is 0.352 e. The van der Waals surface area contributed by atoms with E-state index in [1.807, 2.05) is 12.1 Å². The predicted octanol–water partition coefficient (Wildman–Crippen LogP) is 2.33. The van der Waals surface area contributed by atoms with Crippen LogP contribution in [0.4, 0.5) is 8.78 Å². The Bertz CT molecular complexity index is 573. The van der Waals surface area contributed by atoms with Gasteiger partial charge in [-0.15, -0.1) is 0 Å². The Balaban J connectivity index is 1.89. The van der Waals surface area contributed by atoms with Gasteiger partial charge in [-0.05, 0) is 42.3 Å². The van der Waals surface area contributed by atoms with Gasteiger partial charge in [0.05, 0.1) is 0 Å². The first kappa shape index (κ1) is 13.1. The summed E-state index contributed by atoms with van der Waals surface area (Å²) in [5, 5.41) is 2.65. The molecule has 0 saturated carbocycles. The van der Waals surface area contributed by atoms with E-state index in [1.54, 1.807) is 12.4 Å². The molecule has 3 nitrogen and oxygen atoms in total. The third-order valence-electron chi connectivity index (χ3n) is 2.63. The summed E-state index contributed by atoms with van der Waals surface area (Å²) in [4.78, 5) is 15.6. The van der Waals surface area contributed by atoms with Crippen molar-refractivity contribution in [3.8, 4) is 0 Å². The first-order valence-corrected chi connectivity index (χ1v) is 5.79. The van der Waals surface area contributed by atoms with Crippen molar-refractivity contribution in [2.24, 2.45) is 0 Å². The number of pyridine rings is 1. The van der Waals surface area contributed by atoms with Crippen LogP contribution in [0.25, 0.3) is 0 Å². The van der Waals surface area contributed by atoms with Gasteiger partial charge in [-0.3, -0.25) is 9.78 Å². The molecule has 2 aromatic rings. The van der Waals surface area contributed by atoms with E-state index in [0.29, 0.717) is 13.0 Å². The van der Waals surface area contributed by atoms with Crippen molar-refractivity contribution in [1.29, 1.82) is 0 Å². The highest BCUT2D eigenvalue weighted by molar-refractivity contribution is 5.94. The lowest BCUT2D eigenvalue weighted by atomic mass is 10.2. The molecule has 0 aliphatic rings. The predicted molar refractivity (Wildman–Crippen MR) is 66.6 cm³/mol. The summed E-state index contributed by atoms with van der Waals surface area (Å²) in [5.41, 5.74) is 1.15. The van der Waals surface area contributed by atoms with Gasteiger partial charge in [-0.2, -0.15) is 0 Å². The van der Waals surface area contributed by atoms with Crippen LogP contribution in [0.15, 0.2) is 42.7 Å². The lowest BCUT2D eigenvalue weighted by Gasteiger charge is -2.05. The van der Waals surface area contributed by atoms with Gasteiger partial charge in [0.1, 0.15) is 0 Å². The van der Waals surface area contributed by atoms with Gasteiger partial charge < -0.3 is 5.32 Å². The van der Waals surface area contributed by atoms with E-state index in [1.165, 1.54) is 6.07 Å². The highest BCUT2D eigenvalue weighted by Gasteiger charge is 2.08. The van der Waals surface area contributed by atoms with Crippen molar-refractivity contribution in [3.05, 3.63) is 65.5 Å². The Morgan fingerprint density at radius 1 is 1.11 bits per heavy atom. The third kappa shape index (κ3) is 3.58. The van der Waals surface area contributed by atoms with Crippen molar-refractivity contribution < 1.29 is 13.6 Å². The maximum atomic E-state index is 13.0. The van der Waals surface area contributed by atoms with E-state index >= 15 is 0 Å². The van der Waals surface area contributed by atoms with Crippen LogP contribution < -0.4 is 5.32 Å². The molecular weight excluding hydrogens is 250 g/mol. The average Bonchev–Trinajstić information content (AvgIpc) is 2.43. The highest BCUT2D eigenvalue weighted by Crippen LogP contribution is 2.08. The highest BCUT2D eigenvalue weighted by atomic mass is 19.2. The molecule has 0 spiro atoms. The average molecular weight is 262 g/mol. The van der Waals surface area contributed by atoms with Crippen LogP contribution in [0.5, 0.6) is 0 Å². The molecule has 1 aromatic heterocycles. The minimum atomic E-state index is -1.03. The van der Waals surface area contributed by atoms with Crippen LogP contribution >= 0.6 is 0 Å². The fraction of sp³-hybridized carbons (Fsp3) is 0.143. The molecule has 98 valence electrons. The molecule has 1 N–H and O–H groups in total. The summed E-state index contributed by atoms with van der Waals surface area (Å²) >= 11 is 0. The van der Waals surface area contributed by atoms with Crippen LogP contribution in [-0.2, 0) is 6.42 Å². The second kappa shape index (κ2) is 6.04. The number of amides is 1. The van der Waals surface area contributed by atoms with Crippen molar-refractivity contribution in [3.63, 3.8) is 0 Å². The Morgan fingerprint density at radius 3 is 2.53 bits per heavy atom. The quantitative estimate of drug-likeness (QED) is 0.918. The summed E-state index contributed by atoms with van der Waals surface area (Å²) in [5.74, 6) is -2.41. The first-order chi connectivity index (χ1) is 9.16. The van der Waals surface area contributed by atoms with Gasteiger partial charge >= 0.3 is 0 Å². The van der Waals surface area contributed by atoms with Crippen LogP contribution in [0.3, 0.4) is 0 Å². The van der Waals surface area contributed by atoms with Gasteiger partial charge in [0.15, 0.2) is 11.6 Å². The molecule has 2 rings (SSSR count). The molecule has 1 aromatic carbocycles. The minimum Gasteiger partial charge on any atom is -0.352 e. The number of hydrogen-bond acceptors (Lipinski definition) is 2. The minimum absolute atomic E-state index is 0.105. The monoisotopic (exact) mass is 262 g/mol. The maximum Gasteiger partial charge on any atom is 0.251 e. The summed E-state index contributed by atoms with van der Waals surface area (Å²) in [6, 6.07) is 6.78. The molecule has 0 saturated heterocycles. The number of nitrogens with zero attached hydrogens (tertiary/aromatic N) is 1. The van der Waals surface area contributed by atoms with E-state index in [2.05, 4.69) is 10.3 Å². The summed E-state index contributed by atoms with van der Waals surface area (Å²) in [6.45, 7) is 0.418. The molecule has 0 atom stereocenters. The van der Waals surface area contributed by atoms with Gasteiger partial charge in [0.2, 0.25) is 0 Å². The fourth-order valence-electron chi connectivity index (χ4n) is 1.61. The standard InChI is InChI=1S/C14H12F2N2O/c15-12-2-1-11(9-13(12)16)14(19)18-8-5-10-3-6-17-7-4-10/h1-4,6-7,9H,5,8H2,(H,18,19). The number of hydrogen-bond donors (Lipinski definition) is 1. The number of halogens is 2. The summed E-state index contributed by atoms with van der Waals surface area (Å²) < 4.78 is 25.7. The maximum absolute atomic E-state index is 13.0. The lowest BCUT2D eigenvalue weighted by Crippen LogP contribution is -2.25. The number of rotatable bonds is 4. The van der Waals surface area contributed by atoms with E-state index in [0.717, 1.165) is 17.7 Å². The van der Waals surface area contributed by atoms with Gasteiger partial charge in [0.25, 0.3) is 5.91 Å². The SMILES string of the molecule is O=C(NCCc1ccncc1)c1ccc(F)c(F)c1. The van der Waals surface area contributed by atoms with E-state index < -0.39 is 17.5 Å². The van der Waals surface area contributed by atoms with Gasteiger partial charge in [-0.25, -0.2) is 8.78 Å². The zero-order chi connectivity index (χ0) is 13.7. The molecule has 0 fully saturated rings. The smallest absolute Gasteiger partial charge is 0.251 e. The van der Waals surface area contributed by atoms with Crippen LogP contribution in [0.2, 0.25) is 0 Å². The molecule has 1 amide bonds. The van der Waals surface area contributed by atoms with Crippen LogP contribution in [-0.4, -0.2) is 17.4 Å². The second-order valence-corrected chi connectivity index (χ2v) is 3.99. The number of aromatic nitrogens is 1. The van der Waals surface area contributed by atoms with E-state index in [4.69, 9.17) is 0 Å². The molecular formula is C14H12F2N2O. The Labute approximate surface area is 109 Å². The van der Waals surface area contributed by atoms with Crippen molar-refractivity contribution >= 4 is 5.91 Å². The topological polar surface area (TPSA) is 42.0 Å². The molecule has 0 aliphatic heterocycles. The molecule has 5 heteroatoms. The van der Waals surface area contributed by atoms with E-state index in [-0.39, 0.29) is 5.56 Å². The van der Waals surface area contributed by atoms with Crippen molar-refractivity contribution in [2.75, 3.05) is 6.54 Å². The molecule has 19 heavy (non-hydrogen) atoms. The van der Waals surface area contributed by atoms with Gasteiger partial charge in [0, 0.05) is 24.5 Å². The number of benzene rings is 1. The molecule has 0 aliphatic carbocycles. The Kier molecular flexibility index (Phi) is 4.18. The third-order valence-corrected chi connectivity index (χ3v) is 2.63. The number of carbonyl (C=O) groups excluding carboxylic acids is 1. The second-order valence-electron chi connectivity index (χ2n) is 3.99. The van der Waals surface area contributed by atoms with Crippen molar-refractivity contribution in [1.82, 2.24) is 10.3 Å². The molecule has 0 radical (unpaired) electrons. The Hall–Kier alpha value is -2.30. The number of nitrogens with one attached hydrogen (secondary N) is 1. The Morgan fingerprint density at radius 2 is 1.84 bits per heavy atom. The fourth-order valence-corrected chi connectivity index (χ4v) is 1.61. The first-order valence-electron chi connectivity index (χ1n) is 5.79.